The topological polar surface area (TPSA) is 55.8 Å². The first-order chi connectivity index (χ1) is 17.4. The number of hydrogen-bond acceptors (Lipinski definition) is 5. The van der Waals surface area contributed by atoms with Crippen LogP contribution in [0.4, 0.5) is 0 Å². The molecule has 3 aliphatic rings. The molecule has 0 amide bonds. The predicted molar refractivity (Wildman–Crippen MR) is 151 cm³/mol. The third-order valence-electron chi connectivity index (χ3n) is 7.24. The van der Waals surface area contributed by atoms with Crippen LogP contribution in [0.3, 0.4) is 0 Å². The molecule has 0 bridgehead atoms. The smallest absolute Gasteiger partial charge is 0.174 e. The fourth-order valence-corrected chi connectivity index (χ4v) is 6.79. The van der Waals surface area contributed by atoms with E-state index in [1.807, 2.05) is 44.3 Å². The lowest BCUT2D eigenvalue weighted by Crippen LogP contribution is -2.37. The number of carbonyl (C=O) groups excluding carboxylic acids is 2. The minimum absolute atomic E-state index is 0.153. The van der Waals surface area contributed by atoms with E-state index in [1.165, 1.54) is 0 Å². The molecule has 2 aliphatic carbocycles. The molecule has 5 rings (SSSR count). The number of ether oxygens (including phenoxy) is 2. The van der Waals surface area contributed by atoms with E-state index in [9.17, 15) is 9.59 Å². The van der Waals surface area contributed by atoms with Crippen LogP contribution in [0.25, 0.3) is 0 Å². The van der Waals surface area contributed by atoms with E-state index in [1.54, 1.807) is 0 Å². The molecule has 0 unspecified atom stereocenters. The van der Waals surface area contributed by atoms with E-state index >= 15 is 0 Å². The normalized spacial score (nSPS) is 18.4. The van der Waals surface area contributed by atoms with Crippen LogP contribution < -0.4 is 9.47 Å². The second kappa shape index (κ2) is 10.7. The fraction of sp³-hybridized carbons (Fsp3) is 0.379. The maximum Gasteiger partial charge on any atom is 0.174 e. The molecule has 1 aliphatic heterocycles. The molecule has 7 heteroatoms. The Hall–Kier alpha value is -2.13. The lowest BCUT2D eigenvalue weighted by molar-refractivity contribution is -0.117. The number of carbonyl (C=O) groups is 2. The minimum Gasteiger partial charge on any atom is -0.490 e. The number of hydrogen-bond donors (Lipinski definition) is 0. The monoisotopic (exact) mass is 661 g/mol. The number of benzene rings is 2. The first kappa shape index (κ1) is 25.5. The Labute approximate surface area is 234 Å². The number of rotatable bonds is 6. The number of halogens is 2. The van der Waals surface area contributed by atoms with Crippen molar-refractivity contribution in [1.82, 2.24) is 4.90 Å². The third kappa shape index (κ3) is 4.64. The van der Waals surface area contributed by atoms with E-state index in [0.717, 1.165) is 67.4 Å². The Morgan fingerprint density at radius 1 is 0.972 bits per heavy atom. The van der Waals surface area contributed by atoms with Crippen LogP contribution in [-0.4, -0.2) is 30.1 Å². The largest absolute Gasteiger partial charge is 0.490 e. The predicted octanol–water partition coefficient (Wildman–Crippen LogP) is 7.07. The van der Waals surface area contributed by atoms with Gasteiger partial charge in [0.2, 0.25) is 0 Å². The molecule has 2 aromatic rings. The summed E-state index contributed by atoms with van der Waals surface area (Å²) in [6.07, 6.45) is 4.50. The van der Waals surface area contributed by atoms with E-state index in [0.29, 0.717) is 37.6 Å². The van der Waals surface area contributed by atoms with E-state index in [-0.39, 0.29) is 17.5 Å². The van der Waals surface area contributed by atoms with Gasteiger partial charge in [-0.25, -0.2) is 0 Å². The summed E-state index contributed by atoms with van der Waals surface area (Å²) in [6.45, 7) is 2.83. The zero-order valence-electron chi connectivity index (χ0n) is 20.5. The molecule has 5 nitrogen and oxygen atoms in total. The molecule has 0 spiro atoms. The Balaban J connectivity index is 1.60. The Morgan fingerprint density at radius 3 is 2.22 bits per heavy atom. The van der Waals surface area contributed by atoms with Gasteiger partial charge in [0.1, 0.15) is 6.61 Å². The van der Waals surface area contributed by atoms with Crippen LogP contribution in [0.5, 0.6) is 11.5 Å². The van der Waals surface area contributed by atoms with Crippen molar-refractivity contribution in [1.29, 1.82) is 0 Å². The van der Waals surface area contributed by atoms with Crippen molar-refractivity contribution in [3.8, 4) is 11.5 Å². The van der Waals surface area contributed by atoms with Crippen molar-refractivity contribution in [2.45, 2.75) is 58.0 Å². The summed E-state index contributed by atoms with van der Waals surface area (Å²) in [5.41, 5.74) is 5.70. The van der Waals surface area contributed by atoms with Crippen LogP contribution in [0.15, 0.2) is 63.4 Å². The summed E-state index contributed by atoms with van der Waals surface area (Å²) in [4.78, 5) is 28.8. The molecule has 0 saturated carbocycles. The van der Waals surface area contributed by atoms with Crippen molar-refractivity contribution >= 4 is 50.1 Å². The zero-order valence-corrected chi connectivity index (χ0v) is 24.3. The quantitative estimate of drug-likeness (QED) is 0.310. The number of Topliss-reactive ketones (excluding diaryl/α,β-unsaturated/α-hetero) is 2. The number of ketones is 2. The molecule has 0 fully saturated rings. The maximum absolute atomic E-state index is 13.3. The van der Waals surface area contributed by atoms with Gasteiger partial charge in [0.15, 0.2) is 23.1 Å². The van der Waals surface area contributed by atoms with Gasteiger partial charge in [0.05, 0.1) is 10.2 Å². The molecule has 1 heterocycles. The van der Waals surface area contributed by atoms with Crippen LogP contribution in [0, 0.1) is 3.57 Å². The molecule has 2 aromatic carbocycles. The van der Waals surface area contributed by atoms with Crippen molar-refractivity contribution < 1.29 is 19.1 Å². The second-order valence-corrected chi connectivity index (χ2v) is 11.4. The molecule has 0 saturated heterocycles. The average molecular weight is 662 g/mol. The molecule has 0 aromatic heterocycles. The van der Waals surface area contributed by atoms with Gasteiger partial charge in [-0.15, -0.1) is 0 Å². The third-order valence-corrected chi connectivity index (χ3v) is 8.81. The van der Waals surface area contributed by atoms with Gasteiger partial charge in [-0.05, 0) is 79.0 Å². The molecular weight excluding hydrogens is 633 g/mol. The summed E-state index contributed by atoms with van der Waals surface area (Å²) in [6, 6.07) is 12.0. The molecule has 0 radical (unpaired) electrons. The Kier molecular flexibility index (Phi) is 7.58. The first-order valence-corrected chi connectivity index (χ1v) is 14.4. The zero-order chi connectivity index (χ0) is 25.4. The van der Waals surface area contributed by atoms with Crippen LogP contribution in [-0.2, 0) is 16.2 Å². The maximum atomic E-state index is 13.3. The van der Waals surface area contributed by atoms with E-state index in [2.05, 4.69) is 49.5 Å². The van der Waals surface area contributed by atoms with Gasteiger partial charge in [-0.3, -0.25) is 9.59 Å². The van der Waals surface area contributed by atoms with E-state index in [4.69, 9.17) is 9.47 Å². The number of allylic oxidation sites excluding steroid dienone is 4. The molecular formula is C29H29BrINO4. The van der Waals surface area contributed by atoms with Crippen molar-refractivity contribution in [2.24, 2.45) is 0 Å². The van der Waals surface area contributed by atoms with Gasteiger partial charge in [0.25, 0.3) is 0 Å². The van der Waals surface area contributed by atoms with Gasteiger partial charge < -0.3 is 14.4 Å². The molecule has 0 atom stereocenters. The summed E-state index contributed by atoms with van der Waals surface area (Å²) < 4.78 is 14.2. The summed E-state index contributed by atoms with van der Waals surface area (Å²) in [7, 11) is 2.02. The van der Waals surface area contributed by atoms with Gasteiger partial charge >= 0.3 is 0 Å². The average Bonchev–Trinajstić information content (AvgIpc) is 2.86. The van der Waals surface area contributed by atoms with Crippen molar-refractivity contribution in [2.75, 3.05) is 13.7 Å². The Bertz CT molecular complexity index is 1250. The van der Waals surface area contributed by atoms with Gasteiger partial charge in [-0.1, -0.05) is 34.1 Å². The van der Waals surface area contributed by atoms with Gasteiger partial charge in [0, 0.05) is 58.4 Å². The molecule has 36 heavy (non-hydrogen) atoms. The van der Waals surface area contributed by atoms with Crippen molar-refractivity contribution in [3.05, 3.63) is 78.1 Å². The lowest BCUT2D eigenvalue weighted by atomic mass is 9.71. The van der Waals surface area contributed by atoms with Crippen LogP contribution in [0.2, 0.25) is 0 Å². The van der Waals surface area contributed by atoms with E-state index < -0.39 is 0 Å². The minimum atomic E-state index is -0.350. The highest BCUT2D eigenvalue weighted by Gasteiger charge is 2.42. The number of nitrogens with zero attached hydrogens (tertiary/aromatic N) is 1. The Morgan fingerprint density at radius 2 is 1.61 bits per heavy atom. The van der Waals surface area contributed by atoms with Crippen molar-refractivity contribution in [3.63, 3.8) is 0 Å². The van der Waals surface area contributed by atoms with Crippen LogP contribution >= 0.6 is 38.5 Å². The molecule has 0 N–H and O–H groups in total. The van der Waals surface area contributed by atoms with Gasteiger partial charge in [-0.2, -0.15) is 0 Å². The lowest BCUT2D eigenvalue weighted by Gasteiger charge is -2.42. The summed E-state index contributed by atoms with van der Waals surface area (Å²) in [5, 5.41) is 0. The highest BCUT2D eigenvalue weighted by atomic mass is 127. The SMILES string of the molecule is CCOc1cc(C2C3=C(CCCC3=O)N(C)C3=C2C(=O)CCC3)cc(I)c1OCc1ccccc1Br. The fourth-order valence-electron chi connectivity index (χ4n) is 5.61. The second-order valence-electron chi connectivity index (χ2n) is 9.41. The highest BCUT2D eigenvalue weighted by Crippen LogP contribution is 2.50. The first-order valence-electron chi connectivity index (χ1n) is 12.5. The standard InChI is InChI=1S/C29H29BrINO4/c1-3-35-25-15-18(14-20(31)29(25)36-16-17-8-4-5-9-19(17)30)26-27-21(10-6-12-23(27)33)32(2)22-11-7-13-24(34)28(22)26/h4-5,8-9,14-15,26H,3,6-7,10-13,16H2,1-2H3. The summed E-state index contributed by atoms with van der Waals surface area (Å²) >= 11 is 5.87. The molecule has 188 valence electrons. The highest BCUT2D eigenvalue weighted by molar-refractivity contribution is 14.1. The summed E-state index contributed by atoms with van der Waals surface area (Å²) in [5.74, 6) is 1.27. The van der Waals surface area contributed by atoms with Crippen LogP contribution in [0.1, 0.15) is 62.5 Å².